The second-order valence-corrected chi connectivity index (χ2v) is 4.09. The van der Waals surface area contributed by atoms with Crippen LogP contribution in [-0.2, 0) is 0 Å². The van der Waals surface area contributed by atoms with Crippen molar-refractivity contribution in [2.45, 2.75) is 0 Å². The van der Waals surface area contributed by atoms with E-state index in [0.29, 0.717) is 5.56 Å². The van der Waals surface area contributed by atoms with Crippen molar-refractivity contribution in [1.29, 1.82) is 5.26 Å². The zero-order valence-electron chi connectivity index (χ0n) is 8.31. The topological polar surface area (TPSA) is 48.7 Å². The molecule has 0 saturated heterocycles. The van der Waals surface area contributed by atoms with E-state index in [1.807, 2.05) is 30.3 Å². The average molecular weight is 274 g/mol. The highest BCUT2D eigenvalue weighted by Gasteiger charge is 1.96. The maximum atomic E-state index is 8.63. The number of benzene rings is 1. The summed E-state index contributed by atoms with van der Waals surface area (Å²) in [5.41, 5.74) is 1.52. The summed E-state index contributed by atoms with van der Waals surface area (Å²) < 4.78 is 1.03. The molecular formula is C12H8BrN3. The first-order chi connectivity index (χ1) is 7.78. The summed E-state index contributed by atoms with van der Waals surface area (Å²) in [6, 6.07) is 13.3. The van der Waals surface area contributed by atoms with Crippen LogP contribution in [0, 0.1) is 11.3 Å². The summed E-state index contributed by atoms with van der Waals surface area (Å²) >= 11 is 3.37. The van der Waals surface area contributed by atoms with Crippen molar-refractivity contribution < 1.29 is 0 Å². The van der Waals surface area contributed by atoms with Crippen molar-refractivity contribution in [2.24, 2.45) is 0 Å². The van der Waals surface area contributed by atoms with Crippen LogP contribution in [0.2, 0.25) is 0 Å². The minimum atomic E-state index is 0.557. The van der Waals surface area contributed by atoms with Gasteiger partial charge in [-0.15, -0.1) is 0 Å². The van der Waals surface area contributed by atoms with Gasteiger partial charge >= 0.3 is 0 Å². The highest BCUT2D eigenvalue weighted by Crippen LogP contribution is 2.17. The first-order valence-corrected chi connectivity index (χ1v) is 5.46. The van der Waals surface area contributed by atoms with Crippen molar-refractivity contribution in [3.05, 3.63) is 52.6 Å². The Morgan fingerprint density at radius 3 is 2.44 bits per heavy atom. The lowest BCUT2D eigenvalue weighted by Gasteiger charge is -2.04. The number of nitrogens with zero attached hydrogens (tertiary/aromatic N) is 2. The van der Waals surface area contributed by atoms with Gasteiger partial charge in [0.05, 0.1) is 5.56 Å². The molecule has 0 aliphatic rings. The second kappa shape index (κ2) is 4.77. The Hall–Kier alpha value is -1.86. The van der Waals surface area contributed by atoms with Crippen LogP contribution < -0.4 is 5.32 Å². The van der Waals surface area contributed by atoms with Gasteiger partial charge in [-0.2, -0.15) is 5.26 Å². The van der Waals surface area contributed by atoms with Crippen molar-refractivity contribution in [3.63, 3.8) is 0 Å². The summed E-state index contributed by atoms with van der Waals surface area (Å²) in [6.07, 6.45) is 1.54. The van der Waals surface area contributed by atoms with Crippen LogP contribution in [0.1, 0.15) is 5.56 Å². The largest absolute Gasteiger partial charge is 0.340 e. The van der Waals surface area contributed by atoms with E-state index in [0.717, 1.165) is 16.0 Å². The number of nitriles is 1. The lowest BCUT2D eigenvalue weighted by Crippen LogP contribution is -1.92. The first-order valence-electron chi connectivity index (χ1n) is 4.67. The van der Waals surface area contributed by atoms with Crippen LogP contribution in [0.4, 0.5) is 11.5 Å². The Kier molecular flexibility index (Phi) is 3.18. The van der Waals surface area contributed by atoms with Crippen LogP contribution in [0.15, 0.2) is 47.1 Å². The number of halogens is 1. The quantitative estimate of drug-likeness (QED) is 0.912. The number of rotatable bonds is 2. The van der Waals surface area contributed by atoms with E-state index in [1.165, 1.54) is 0 Å². The molecule has 0 spiro atoms. The SMILES string of the molecule is N#Cc1ccc(Nc2ccc(Br)cc2)nc1. The number of aromatic nitrogens is 1. The molecule has 0 fully saturated rings. The predicted octanol–water partition coefficient (Wildman–Crippen LogP) is 3.46. The van der Waals surface area contributed by atoms with Crippen LogP contribution in [0.25, 0.3) is 0 Å². The standard InChI is InChI=1S/C12H8BrN3/c13-10-2-4-11(5-3-10)16-12-6-1-9(7-14)8-15-12/h1-6,8H,(H,15,16). The lowest BCUT2D eigenvalue weighted by atomic mass is 10.3. The van der Waals surface area contributed by atoms with Gasteiger partial charge in [-0.3, -0.25) is 0 Å². The highest BCUT2D eigenvalue weighted by atomic mass is 79.9. The molecule has 0 saturated carbocycles. The van der Waals surface area contributed by atoms with E-state index in [1.54, 1.807) is 18.3 Å². The number of nitrogens with one attached hydrogen (secondary N) is 1. The summed E-state index contributed by atoms with van der Waals surface area (Å²) in [4.78, 5) is 4.12. The molecular weight excluding hydrogens is 266 g/mol. The molecule has 2 aromatic rings. The van der Waals surface area contributed by atoms with Crippen molar-refractivity contribution in [3.8, 4) is 6.07 Å². The van der Waals surface area contributed by atoms with Gasteiger partial charge in [-0.1, -0.05) is 15.9 Å². The minimum Gasteiger partial charge on any atom is -0.340 e. The Balaban J connectivity index is 2.15. The van der Waals surface area contributed by atoms with Crippen molar-refractivity contribution in [1.82, 2.24) is 4.98 Å². The normalized spacial score (nSPS) is 9.50. The molecule has 1 aromatic carbocycles. The number of hydrogen-bond acceptors (Lipinski definition) is 3. The molecule has 0 amide bonds. The van der Waals surface area contributed by atoms with Gasteiger partial charge in [0.1, 0.15) is 11.9 Å². The molecule has 0 unspecified atom stereocenters. The summed E-state index contributed by atoms with van der Waals surface area (Å²) in [6.45, 7) is 0. The third kappa shape index (κ3) is 2.59. The number of anilines is 2. The van der Waals surface area contributed by atoms with Gasteiger partial charge < -0.3 is 5.32 Å². The zero-order chi connectivity index (χ0) is 11.4. The molecule has 0 aliphatic heterocycles. The Morgan fingerprint density at radius 1 is 1.12 bits per heavy atom. The van der Waals surface area contributed by atoms with Crippen LogP contribution in [0.5, 0.6) is 0 Å². The van der Waals surface area contributed by atoms with E-state index in [9.17, 15) is 0 Å². The van der Waals surface area contributed by atoms with Crippen molar-refractivity contribution >= 4 is 27.4 Å². The summed E-state index contributed by atoms with van der Waals surface area (Å²) in [5, 5.41) is 11.8. The Bertz CT molecular complexity index is 511. The smallest absolute Gasteiger partial charge is 0.130 e. The Morgan fingerprint density at radius 2 is 1.88 bits per heavy atom. The monoisotopic (exact) mass is 273 g/mol. The molecule has 1 aromatic heterocycles. The summed E-state index contributed by atoms with van der Waals surface area (Å²) in [7, 11) is 0. The third-order valence-corrected chi connectivity index (χ3v) is 2.54. The van der Waals surface area contributed by atoms with Gasteiger partial charge in [0.25, 0.3) is 0 Å². The minimum absolute atomic E-state index is 0.557. The van der Waals surface area contributed by atoms with Gasteiger partial charge in [-0.05, 0) is 36.4 Å². The molecule has 16 heavy (non-hydrogen) atoms. The maximum Gasteiger partial charge on any atom is 0.130 e. The maximum absolute atomic E-state index is 8.63. The van der Waals surface area contributed by atoms with Gasteiger partial charge in [0.2, 0.25) is 0 Å². The fraction of sp³-hybridized carbons (Fsp3) is 0. The number of hydrogen-bond donors (Lipinski definition) is 1. The molecule has 2 rings (SSSR count). The molecule has 1 N–H and O–H groups in total. The van der Waals surface area contributed by atoms with Crippen LogP contribution in [0.3, 0.4) is 0 Å². The van der Waals surface area contributed by atoms with E-state index in [2.05, 4.69) is 26.2 Å². The Labute approximate surface area is 102 Å². The summed E-state index contributed by atoms with van der Waals surface area (Å²) in [5.74, 6) is 0.723. The predicted molar refractivity (Wildman–Crippen MR) is 66.4 cm³/mol. The highest BCUT2D eigenvalue weighted by molar-refractivity contribution is 9.10. The molecule has 0 bridgehead atoms. The molecule has 4 heteroatoms. The molecule has 1 heterocycles. The molecule has 78 valence electrons. The van der Waals surface area contributed by atoms with Gasteiger partial charge in [0.15, 0.2) is 0 Å². The van der Waals surface area contributed by atoms with Crippen LogP contribution in [-0.4, -0.2) is 4.98 Å². The fourth-order valence-electron chi connectivity index (χ4n) is 1.22. The van der Waals surface area contributed by atoms with Crippen LogP contribution >= 0.6 is 15.9 Å². The van der Waals surface area contributed by atoms with Crippen molar-refractivity contribution in [2.75, 3.05) is 5.32 Å². The molecule has 0 radical (unpaired) electrons. The van der Waals surface area contributed by atoms with Gasteiger partial charge in [0, 0.05) is 16.4 Å². The number of pyridine rings is 1. The second-order valence-electron chi connectivity index (χ2n) is 3.18. The molecule has 3 nitrogen and oxygen atoms in total. The van der Waals surface area contributed by atoms with E-state index < -0.39 is 0 Å². The fourth-order valence-corrected chi connectivity index (χ4v) is 1.48. The van der Waals surface area contributed by atoms with Gasteiger partial charge in [-0.25, -0.2) is 4.98 Å². The lowest BCUT2D eigenvalue weighted by molar-refractivity contribution is 1.29. The third-order valence-electron chi connectivity index (χ3n) is 2.01. The van der Waals surface area contributed by atoms with E-state index in [-0.39, 0.29) is 0 Å². The first kappa shape index (κ1) is 10.7. The zero-order valence-corrected chi connectivity index (χ0v) is 9.90. The molecule has 0 atom stereocenters. The van der Waals surface area contributed by atoms with E-state index in [4.69, 9.17) is 5.26 Å². The van der Waals surface area contributed by atoms with E-state index >= 15 is 0 Å². The average Bonchev–Trinajstić information content (AvgIpc) is 2.33. The molecule has 0 aliphatic carbocycles.